The first-order valence-electron chi connectivity index (χ1n) is 3.87. The fourth-order valence-electron chi connectivity index (χ4n) is 1.26. The molecule has 0 saturated heterocycles. The van der Waals surface area contributed by atoms with E-state index in [4.69, 9.17) is 0 Å². The van der Waals surface area contributed by atoms with Gasteiger partial charge in [-0.05, 0) is 0 Å². The molecule has 12 heavy (non-hydrogen) atoms. The van der Waals surface area contributed by atoms with Crippen LogP contribution in [0.15, 0.2) is 12.5 Å². The molecule has 1 amide bonds. The molecule has 1 aromatic heterocycles. The predicted octanol–water partition coefficient (Wildman–Crippen LogP) is 0.607. The van der Waals surface area contributed by atoms with Gasteiger partial charge in [0.15, 0.2) is 0 Å². The molecular weight excluding hydrogens is 154 g/mol. The van der Waals surface area contributed by atoms with Crippen molar-refractivity contribution in [3.05, 3.63) is 18.2 Å². The largest absolute Gasteiger partial charge is 0.323 e. The van der Waals surface area contributed by atoms with Crippen LogP contribution in [0.25, 0.3) is 0 Å². The van der Waals surface area contributed by atoms with Crippen LogP contribution in [0, 0.1) is 5.92 Å². The van der Waals surface area contributed by atoms with Gasteiger partial charge in [-0.2, -0.15) is 0 Å². The smallest absolute Gasteiger partial charge is 0.227 e. The summed E-state index contributed by atoms with van der Waals surface area (Å²) >= 11 is 0. The van der Waals surface area contributed by atoms with Crippen molar-refractivity contribution in [1.29, 1.82) is 0 Å². The molecule has 1 unspecified atom stereocenters. The summed E-state index contributed by atoms with van der Waals surface area (Å²) < 4.78 is 0. The summed E-state index contributed by atoms with van der Waals surface area (Å²) in [6, 6.07) is 0. The van der Waals surface area contributed by atoms with Crippen molar-refractivity contribution in [1.82, 2.24) is 9.97 Å². The van der Waals surface area contributed by atoms with E-state index in [0.29, 0.717) is 6.42 Å². The molecule has 0 spiro atoms. The van der Waals surface area contributed by atoms with Crippen molar-refractivity contribution in [2.45, 2.75) is 13.3 Å². The van der Waals surface area contributed by atoms with Crippen LogP contribution in [-0.2, 0) is 11.2 Å². The number of aromatic nitrogens is 2. The molecule has 0 fully saturated rings. The minimum Gasteiger partial charge on any atom is -0.323 e. The minimum absolute atomic E-state index is 0.0207. The van der Waals surface area contributed by atoms with Gasteiger partial charge in [-0.3, -0.25) is 4.79 Å². The molecule has 1 aliphatic rings. The number of carbonyl (C=O) groups excluding carboxylic acids is 1. The van der Waals surface area contributed by atoms with Crippen LogP contribution in [0.3, 0.4) is 0 Å². The fourth-order valence-corrected chi connectivity index (χ4v) is 1.26. The zero-order valence-electron chi connectivity index (χ0n) is 6.74. The first-order chi connectivity index (χ1) is 5.77. The molecule has 0 radical (unpaired) electrons. The van der Waals surface area contributed by atoms with E-state index in [9.17, 15) is 4.79 Å². The molecule has 1 aliphatic heterocycles. The number of rotatable bonds is 0. The number of nitrogens with zero attached hydrogens (tertiary/aromatic N) is 2. The molecule has 2 heterocycles. The second kappa shape index (κ2) is 2.55. The van der Waals surface area contributed by atoms with Crippen molar-refractivity contribution < 1.29 is 4.79 Å². The number of hydrogen-bond donors (Lipinski definition) is 1. The van der Waals surface area contributed by atoms with E-state index in [1.54, 1.807) is 6.20 Å². The highest BCUT2D eigenvalue weighted by Gasteiger charge is 2.22. The maximum atomic E-state index is 11.2. The molecule has 0 aliphatic carbocycles. The van der Waals surface area contributed by atoms with Gasteiger partial charge >= 0.3 is 0 Å². The molecule has 4 heteroatoms. The number of hydrogen-bond acceptors (Lipinski definition) is 3. The van der Waals surface area contributed by atoms with Gasteiger partial charge in [-0.1, -0.05) is 6.92 Å². The Balaban J connectivity index is 2.40. The van der Waals surface area contributed by atoms with Crippen molar-refractivity contribution in [2.24, 2.45) is 5.92 Å². The molecule has 2 rings (SSSR count). The zero-order chi connectivity index (χ0) is 8.55. The molecule has 1 atom stereocenters. The van der Waals surface area contributed by atoms with Gasteiger partial charge in [-0.15, -0.1) is 0 Å². The number of nitrogens with one attached hydrogen (secondary N) is 1. The summed E-state index contributed by atoms with van der Waals surface area (Å²) in [5.41, 5.74) is 1.68. The molecule has 0 saturated carbocycles. The second-order valence-corrected chi connectivity index (χ2v) is 2.98. The third kappa shape index (κ3) is 1.05. The SMILES string of the molecule is CC1Cc2ncncc2NC1=O. The van der Waals surface area contributed by atoms with E-state index in [-0.39, 0.29) is 11.8 Å². The number of carbonyl (C=O) groups is 1. The Morgan fingerprint density at radius 2 is 2.50 bits per heavy atom. The summed E-state index contributed by atoms with van der Waals surface area (Å²) in [5.74, 6) is 0.0738. The Morgan fingerprint density at radius 1 is 1.67 bits per heavy atom. The van der Waals surface area contributed by atoms with Gasteiger partial charge in [0, 0.05) is 12.3 Å². The van der Waals surface area contributed by atoms with Crippen molar-refractivity contribution in [3.63, 3.8) is 0 Å². The lowest BCUT2D eigenvalue weighted by Gasteiger charge is -2.19. The summed E-state index contributed by atoms with van der Waals surface area (Å²) in [6.07, 6.45) is 3.85. The summed E-state index contributed by atoms with van der Waals surface area (Å²) in [6.45, 7) is 1.89. The van der Waals surface area contributed by atoms with E-state index in [2.05, 4.69) is 15.3 Å². The minimum atomic E-state index is 0.0207. The van der Waals surface area contributed by atoms with Crippen LogP contribution in [-0.4, -0.2) is 15.9 Å². The highest BCUT2D eigenvalue weighted by Crippen LogP contribution is 2.21. The maximum absolute atomic E-state index is 11.2. The van der Waals surface area contributed by atoms with E-state index in [0.717, 1.165) is 11.4 Å². The van der Waals surface area contributed by atoms with Crippen LogP contribution in [0.1, 0.15) is 12.6 Å². The highest BCUT2D eigenvalue weighted by molar-refractivity contribution is 5.94. The fraction of sp³-hybridized carbons (Fsp3) is 0.375. The zero-order valence-corrected chi connectivity index (χ0v) is 6.74. The van der Waals surface area contributed by atoms with Crippen LogP contribution < -0.4 is 5.32 Å². The standard InChI is InChI=1S/C8H9N3O/c1-5-2-6-7(11-8(5)12)3-9-4-10-6/h3-5H,2H2,1H3,(H,11,12). The normalized spacial score (nSPS) is 21.4. The molecule has 1 aromatic rings. The Kier molecular flexibility index (Phi) is 1.53. The Bertz CT molecular complexity index is 324. The van der Waals surface area contributed by atoms with Crippen molar-refractivity contribution >= 4 is 11.6 Å². The average molecular weight is 163 g/mol. The number of amides is 1. The summed E-state index contributed by atoms with van der Waals surface area (Å²) in [7, 11) is 0. The second-order valence-electron chi connectivity index (χ2n) is 2.98. The van der Waals surface area contributed by atoms with Gasteiger partial charge < -0.3 is 5.32 Å². The Hall–Kier alpha value is -1.45. The van der Waals surface area contributed by atoms with Gasteiger partial charge in [0.1, 0.15) is 6.33 Å². The third-order valence-corrected chi connectivity index (χ3v) is 2.00. The lowest BCUT2D eigenvalue weighted by molar-refractivity contribution is -0.119. The molecule has 1 N–H and O–H groups in total. The van der Waals surface area contributed by atoms with Gasteiger partial charge in [0.2, 0.25) is 5.91 Å². The molecule has 0 bridgehead atoms. The molecule has 4 nitrogen and oxygen atoms in total. The Morgan fingerprint density at radius 3 is 3.33 bits per heavy atom. The number of anilines is 1. The van der Waals surface area contributed by atoms with E-state index < -0.39 is 0 Å². The van der Waals surface area contributed by atoms with Crippen LogP contribution >= 0.6 is 0 Å². The topological polar surface area (TPSA) is 54.9 Å². The van der Waals surface area contributed by atoms with Crippen molar-refractivity contribution in [3.8, 4) is 0 Å². The lowest BCUT2D eigenvalue weighted by atomic mass is 10.00. The highest BCUT2D eigenvalue weighted by atomic mass is 16.1. The molecular formula is C8H9N3O. The first-order valence-corrected chi connectivity index (χ1v) is 3.87. The van der Waals surface area contributed by atoms with Crippen LogP contribution in [0.5, 0.6) is 0 Å². The van der Waals surface area contributed by atoms with E-state index in [1.165, 1.54) is 6.33 Å². The summed E-state index contributed by atoms with van der Waals surface area (Å²) in [4.78, 5) is 19.1. The quantitative estimate of drug-likeness (QED) is 0.609. The molecule has 62 valence electrons. The lowest BCUT2D eigenvalue weighted by Crippen LogP contribution is -2.28. The summed E-state index contributed by atoms with van der Waals surface area (Å²) in [5, 5.41) is 2.75. The molecule has 0 aromatic carbocycles. The number of fused-ring (bicyclic) bond motifs is 1. The average Bonchev–Trinajstić information content (AvgIpc) is 2.07. The first kappa shape index (κ1) is 7.21. The van der Waals surface area contributed by atoms with Gasteiger partial charge in [-0.25, -0.2) is 9.97 Å². The van der Waals surface area contributed by atoms with Crippen LogP contribution in [0.4, 0.5) is 5.69 Å². The van der Waals surface area contributed by atoms with E-state index >= 15 is 0 Å². The van der Waals surface area contributed by atoms with E-state index in [1.807, 2.05) is 6.92 Å². The maximum Gasteiger partial charge on any atom is 0.227 e. The Labute approximate surface area is 70.0 Å². The van der Waals surface area contributed by atoms with Crippen molar-refractivity contribution in [2.75, 3.05) is 5.32 Å². The van der Waals surface area contributed by atoms with Crippen LogP contribution in [0.2, 0.25) is 0 Å². The third-order valence-electron chi connectivity index (χ3n) is 2.00. The monoisotopic (exact) mass is 163 g/mol. The predicted molar refractivity (Wildman–Crippen MR) is 43.5 cm³/mol. The van der Waals surface area contributed by atoms with Gasteiger partial charge in [0.05, 0.1) is 17.6 Å². The van der Waals surface area contributed by atoms with Gasteiger partial charge in [0.25, 0.3) is 0 Å².